The summed E-state index contributed by atoms with van der Waals surface area (Å²) >= 11 is 2.97. The maximum atomic E-state index is 12.6. The van der Waals surface area contributed by atoms with Gasteiger partial charge in [0.25, 0.3) is 5.91 Å². The molecule has 0 aliphatic carbocycles. The average Bonchev–Trinajstić information content (AvgIpc) is 3.28. The second-order valence-electron chi connectivity index (χ2n) is 6.53. The minimum absolute atomic E-state index is 0.141. The third-order valence-corrected chi connectivity index (χ3v) is 7.50. The second kappa shape index (κ2) is 7.75. The zero-order valence-electron chi connectivity index (χ0n) is 15.1. The molecule has 4 rings (SSSR count). The zero-order chi connectivity index (χ0) is 19.7. The van der Waals surface area contributed by atoms with E-state index >= 15 is 0 Å². The SMILES string of the molecule is CS(=O)(=O)c1ccc(Cc2cnc(NC(=O)c3csc4c3CCOC4)s2)cc1. The van der Waals surface area contributed by atoms with E-state index in [0.717, 1.165) is 27.3 Å². The van der Waals surface area contributed by atoms with Crippen molar-refractivity contribution in [1.29, 1.82) is 0 Å². The van der Waals surface area contributed by atoms with Gasteiger partial charge in [0, 0.05) is 34.0 Å². The molecule has 3 aromatic rings. The van der Waals surface area contributed by atoms with E-state index in [1.807, 2.05) is 5.38 Å². The Kier molecular flexibility index (Phi) is 5.33. The summed E-state index contributed by atoms with van der Waals surface area (Å²) in [5.41, 5.74) is 2.77. The lowest BCUT2D eigenvalue weighted by atomic mass is 10.1. The van der Waals surface area contributed by atoms with Crippen LogP contribution in [0.4, 0.5) is 5.13 Å². The molecule has 6 nitrogen and oxygen atoms in total. The van der Waals surface area contributed by atoms with Crippen molar-refractivity contribution in [2.45, 2.75) is 24.3 Å². The highest BCUT2D eigenvalue weighted by Gasteiger charge is 2.21. The number of carbonyl (C=O) groups excluding carboxylic acids is 1. The summed E-state index contributed by atoms with van der Waals surface area (Å²) in [4.78, 5) is 19.3. The largest absolute Gasteiger partial charge is 0.376 e. The number of hydrogen-bond donors (Lipinski definition) is 1. The average molecular weight is 435 g/mol. The van der Waals surface area contributed by atoms with Crippen molar-refractivity contribution < 1.29 is 17.9 Å². The molecule has 3 heterocycles. The summed E-state index contributed by atoms with van der Waals surface area (Å²) < 4.78 is 28.5. The predicted octanol–water partition coefficient (Wildman–Crippen LogP) is 3.52. The summed E-state index contributed by atoms with van der Waals surface area (Å²) in [6, 6.07) is 6.82. The summed E-state index contributed by atoms with van der Waals surface area (Å²) in [6.07, 6.45) is 4.32. The van der Waals surface area contributed by atoms with Crippen molar-refractivity contribution in [2.24, 2.45) is 0 Å². The van der Waals surface area contributed by atoms with Gasteiger partial charge in [0.2, 0.25) is 0 Å². The van der Waals surface area contributed by atoms with Crippen LogP contribution in [0.15, 0.2) is 40.7 Å². The first-order valence-corrected chi connectivity index (χ1v) is 12.2. The normalized spacial score (nSPS) is 13.9. The van der Waals surface area contributed by atoms with Crippen LogP contribution in [-0.4, -0.2) is 32.2 Å². The maximum Gasteiger partial charge on any atom is 0.258 e. The van der Waals surface area contributed by atoms with Crippen LogP contribution in [0.5, 0.6) is 0 Å². The van der Waals surface area contributed by atoms with Gasteiger partial charge in [-0.25, -0.2) is 13.4 Å². The number of benzene rings is 1. The van der Waals surface area contributed by atoms with Crippen LogP contribution >= 0.6 is 22.7 Å². The van der Waals surface area contributed by atoms with Crippen molar-refractivity contribution in [2.75, 3.05) is 18.2 Å². The van der Waals surface area contributed by atoms with E-state index in [1.54, 1.807) is 41.8 Å². The van der Waals surface area contributed by atoms with Crippen LogP contribution in [0.2, 0.25) is 0 Å². The van der Waals surface area contributed by atoms with Crippen LogP contribution in [0.25, 0.3) is 0 Å². The molecule has 9 heteroatoms. The quantitative estimate of drug-likeness (QED) is 0.664. The Morgan fingerprint density at radius 1 is 1.29 bits per heavy atom. The molecule has 146 valence electrons. The number of thiazole rings is 1. The number of anilines is 1. The Hall–Kier alpha value is -2.07. The number of aromatic nitrogens is 1. The van der Waals surface area contributed by atoms with Gasteiger partial charge in [0.1, 0.15) is 0 Å². The molecule has 1 N–H and O–H groups in total. The monoisotopic (exact) mass is 434 g/mol. The molecule has 1 aromatic carbocycles. The molecule has 2 aromatic heterocycles. The lowest BCUT2D eigenvalue weighted by Crippen LogP contribution is -2.16. The topological polar surface area (TPSA) is 85.4 Å². The van der Waals surface area contributed by atoms with E-state index in [4.69, 9.17) is 4.74 Å². The summed E-state index contributed by atoms with van der Waals surface area (Å²) in [6.45, 7) is 1.22. The summed E-state index contributed by atoms with van der Waals surface area (Å²) in [5, 5.41) is 5.32. The molecule has 1 aliphatic heterocycles. The van der Waals surface area contributed by atoms with E-state index in [1.165, 1.54) is 17.6 Å². The fraction of sp³-hybridized carbons (Fsp3) is 0.263. The number of nitrogens with one attached hydrogen (secondary N) is 1. The number of amides is 1. The van der Waals surface area contributed by atoms with Gasteiger partial charge in [-0.05, 0) is 29.7 Å². The Morgan fingerprint density at radius 2 is 2.07 bits per heavy atom. The second-order valence-corrected chi connectivity index (χ2v) is 10.6. The Morgan fingerprint density at radius 3 is 2.82 bits per heavy atom. The highest BCUT2D eigenvalue weighted by Crippen LogP contribution is 2.29. The summed E-state index contributed by atoms with van der Waals surface area (Å²) in [5.74, 6) is -0.141. The number of carbonyl (C=O) groups is 1. The predicted molar refractivity (Wildman–Crippen MR) is 110 cm³/mol. The van der Waals surface area contributed by atoms with Gasteiger partial charge in [-0.3, -0.25) is 10.1 Å². The minimum Gasteiger partial charge on any atom is -0.376 e. The fourth-order valence-electron chi connectivity index (χ4n) is 3.01. The zero-order valence-corrected chi connectivity index (χ0v) is 17.5. The Balaban J connectivity index is 1.43. The van der Waals surface area contributed by atoms with E-state index < -0.39 is 9.84 Å². The van der Waals surface area contributed by atoms with Crippen LogP contribution in [-0.2, 0) is 34.0 Å². The molecule has 1 aliphatic rings. The van der Waals surface area contributed by atoms with Gasteiger partial charge in [-0.2, -0.15) is 0 Å². The molecule has 0 saturated carbocycles. The van der Waals surface area contributed by atoms with Gasteiger partial charge >= 0.3 is 0 Å². The molecule has 0 bridgehead atoms. The van der Waals surface area contributed by atoms with Gasteiger partial charge in [0.15, 0.2) is 15.0 Å². The number of hydrogen-bond acceptors (Lipinski definition) is 7. The Bertz CT molecular complexity index is 1110. The summed E-state index contributed by atoms with van der Waals surface area (Å²) in [7, 11) is -3.19. The highest BCUT2D eigenvalue weighted by molar-refractivity contribution is 7.90. The van der Waals surface area contributed by atoms with Gasteiger partial charge in [0.05, 0.1) is 23.7 Å². The molecule has 28 heavy (non-hydrogen) atoms. The number of sulfone groups is 1. The van der Waals surface area contributed by atoms with Crippen LogP contribution in [0.1, 0.15) is 31.2 Å². The van der Waals surface area contributed by atoms with Crippen molar-refractivity contribution in [1.82, 2.24) is 4.98 Å². The number of fused-ring (bicyclic) bond motifs is 1. The molecule has 0 radical (unpaired) electrons. The first kappa shape index (κ1) is 19.3. The smallest absolute Gasteiger partial charge is 0.258 e. The highest BCUT2D eigenvalue weighted by atomic mass is 32.2. The van der Waals surface area contributed by atoms with E-state index in [0.29, 0.717) is 35.2 Å². The standard InChI is InChI=1S/C19H18N2O4S3/c1-28(23,24)14-4-2-12(3-5-14)8-13-9-20-19(27-13)21-18(22)16-11-26-17-10-25-7-6-15(16)17/h2-5,9,11H,6-8,10H2,1H3,(H,20,21,22). The third-order valence-electron chi connectivity index (χ3n) is 4.46. The Labute approximate surface area is 171 Å². The molecule has 0 atom stereocenters. The van der Waals surface area contributed by atoms with E-state index in [9.17, 15) is 13.2 Å². The molecule has 0 unspecified atom stereocenters. The number of ether oxygens (including phenoxy) is 1. The van der Waals surface area contributed by atoms with Crippen molar-refractivity contribution in [3.8, 4) is 0 Å². The number of rotatable bonds is 5. The first-order valence-electron chi connectivity index (χ1n) is 8.62. The third kappa shape index (κ3) is 4.17. The van der Waals surface area contributed by atoms with Crippen molar-refractivity contribution >= 4 is 43.5 Å². The minimum atomic E-state index is -3.19. The van der Waals surface area contributed by atoms with Crippen LogP contribution in [0.3, 0.4) is 0 Å². The van der Waals surface area contributed by atoms with Crippen LogP contribution in [0, 0.1) is 0 Å². The molecule has 0 saturated heterocycles. The number of nitrogens with zero attached hydrogens (tertiary/aromatic N) is 1. The van der Waals surface area contributed by atoms with Crippen molar-refractivity contribution in [3.63, 3.8) is 0 Å². The molecule has 0 spiro atoms. The van der Waals surface area contributed by atoms with E-state index in [-0.39, 0.29) is 5.91 Å². The lowest BCUT2D eigenvalue weighted by Gasteiger charge is -2.13. The van der Waals surface area contributed by atoms with Gasteiger partial charge in [-0.1, -0.05) is 12.1 Å². The van der Waals surface area contributed by atoms with Gasteiger partial charge in [-0.15, -0.1) is 22.7 Å². The molecular weight excluding hydrogens is 416 g/mol. The van der Waals surface area contributed by atoms with E-state index in [2.05, 4.69) is 10.3 Å². The van der Waals surface area contributed by atoms with Gasteiger partial charge < -0.3 is 4.74 Å². The number of thiophene rings is 1. The molecular formula is C19H18N2O4S3. The molecule has 0 fully saturated rings. The molecule has 1 amide bonds. The van der Waals surface area contributed by atoms with Crippen LogP contribution < -0.4 is 5.32 Å². The first-order chi connectivity index (χ1) is 13.4. The lowest BCUT2D eigenvalue weighted by molar-refractivity contribution is 0.101. The maximum absolute atomic E-state index is 12.6. The fourth-order valence-corrected chi connectivity index (χ4v) is 5.50. The van der Waals surface area contributed by atoms with Crippen molar-refractivity contribution in [3.05, 3.63) is 62.3 Å².